The van der Waals surface area contributed by atoms with Crippen molar-refractivity contribution in [2.75, 3.05) is 24.6 Å². The summed E-state index contributed by atoms with van der Waals surface area (Å²) in [7, 11) is -7.00. The van der Waals surface area contributed by atoms with E-state index in [1.165, 1.54) is 6.92 Å². The smallest absolute Gasteiger partial charge is 0.310 e. The summed E-state index contributed by atoms with van der Waals surface area (Å²) in [6, 6.07) is 0. The fourth-order valence-electron chi connectivity index (χ4n) is 2.52. The van der Waals surface area contributed by atoms with E-state index in [1.807, 2.05) is 0 Å². The molecule has 1 N–H and O–H groups in total. The number of carbonyl (C=O) groups is 1. The van der Waals surface area contributed by atoms with Crippen LogP contribution in [0.5, 0.6) is 0 Å². The molecular formula is C10H17NO6S2. The van der Waals surface area contributed by atoms with Gasteiger partial charge in [0.15, 0.2) is 9.84 Å². The van der Waals surface area contributed by atoms with Crippen molar-refractivity contribution in [1.82, 2.24) is 4.31 Å². The standard InChI is InChI=1S/C10H17NO6S2/c1-10(9(12)13)3-4-11(7-10)19(16,17)8-2-5-18(14,15)6-8/h8H,2-7H2,1H3,(H,12,13). The zero-order valence-corrected chi connectivity index (χ0v) is 12.2. The van der Waals surface area contributed by atoms with E-state index in [0.29, 0.717) is 0 Å². The molecule has 2 heterocycles. The highest BCUT2D eigenvalue weighted by atomic mass is 32.2. The predicted octanol–water partition coefficient (Wildman–Crippen LogP) is -0.700. The highest BCUT2D eigenvalue weighted by Crippen LogP contribution is 2.34. The van der Waals surface area contributed by atoms with Crippen LogP contribution >= 0.6 is 0 Å². The average molecular weight is 311 g/mol. The Kier molecular flexibility index (Phi) is 3.43. The molecule has 0 bridgehead atoms. The second-order valence-electron chi connectivity index (χ2n) is 5.52. The lowest BCUT2D eigenvalue weighted by Crippen LogP contribution is -2.40. The van der Waals surface area contributed by atoms with Crippen LogP contribution in [0.2, 0.25) is 0 Å². The Balaban J connectivity index is 2.17. The number of carboxylic acids is 1. The van der Waals surface area contributed by atoms with E-state index in [0.717, 1.165) is 4.31 Å². The Morgan fingerprint density at radius 2 is 2.05 bits per heavy atom. The summed E-state index contributed by atoms with van der Waals surface area (Å²) in [5, 5.41) is 8.16. The van der Waals surface area contributed by atoms with Crippen LogP contribution in [0.1, 0.15) is 19.8 Å². The van der Waals surface area contributed by atoms with E-state index in [4.69, 9.17) is 5.11 Å². The van der Waals surface area contributed by atoms with Gasteiger partial charge >= 0.3 is 5.97 Å². The molecule has 2 rings (SSSR count). The average Bonchev–Trinajstić information content (AvgIpc) is 2.83. The number of sulfone groups is 1. The first-order chi connectivity index (χ1) is 8.57. The Morgan fingerprint density at radius 3 is 2.47 bits per heavy atom. The number of nitrogens with zero attached hydrogens (tertiary/aromatic N) is 1. The predicted molar refractivity (Wildman–Crippen MR) is 67.9 cm³/mol. The van der Waals surface area contributed by atoms with Gasteiger partial charge in [0.2, 0.25) is 10.0 Å². The minimum atomic E-state index is -3.72. The van der Waals surface area contributed by atoms with E-state index >= 15 is 0 Å². The summed E-state index contributed by atoms with van der Waals surface area (Å²) < 4.78 is 48.5. The first-order valence-corrected chi connectivity index (χ1v) is 9.32. The normalized spacial score (nSPS) is 35.5. The summed E-state index contributed by atoms with van der Waals surface area (Å²) in [5.74, 6) is -1.49. The lowest BCUT2D eigenvalue weighted by Gasteiger charge is -2.22. The molecule has 0 saturated carbocycles. The Labute approximate surface area is 112 Å². The van der Waals surface area contributed by atoms with E-state index < -0.39 is 36.5 Å². The van der Waals surface area contributed by atoms with E-state index in [1.54, 1.807) is 0 Å². The van der Waals surface area contributed by atoms with Crippen LogP contribution in [0, 0.1) is 5.41 Å². The third kappa shape index (κ3) is 2.63. The van der Waals surface area contributed by atoms with Crippen LogP contribution in [0.4, 0.5) is 0 Å². The molecule has 0 radical (unpaired) electrons. The van der Waals surface area contributed by atoms with Gasteiger partial charge in [0.05, 0.1) is 22.2 Å². The molecule has 110 valence electrons. The topological polar surface area (TPSA) is 109 Å². The lowest BCUT2D eigenvalue weighted by molar-refractivity contribution is -0.146. The zero-order chi connectivity index (χ0) is 14.5. The first-order valence-electron chi connectivity index (χ1n) is 6.00. The highest BCUT2D eigenvalue weighted by Gasteiger charge is 2.48. The summed E-state index contributed by atoms with van der Waals surface area (Å²) in [6.07, 6.45) is 0.353. The number of sulfonamides is 1. The van der Waals surface area contributed by atoms with Gasteiger partial charge in [-0.25, -0.2) is 21.1 Å². The fraction of sp³-hybridized carbons (Fsp3) is 0.900. The van der Waals surface area contributed by atoms with Gasteiger partial charge in [0.25, 0.3) is 0 Å². The molecule has 0 amide bonds. The molecule has 0 aromatic carbocycles. The molecule has 7 nitrogen and oxygen atoms in total. The van der Waals surface area contributed by atoms with Gasteiger partial charge in [-0.15, -0.1) is 0 Å². The van der Waals surface area contributed by atoms with Crippen LogP contribution in [0.3, 0.4) is 0 Å². The van der Waals surface area contributed by atoms with Crippen LogP contribution in [0.25, 0.3) is 0 Å². The number of aliphatic carboxylic acids is 1. The molecule has 2 unspecified atom stereocenters. The minimum absolute atomic E-state index is 0.0821. The fourth-order valence-corrected chi connectivity index (χ4v) is 7.17. The van der Waals surface area contributed by atoms with Crippen LogP contribution < -0.4 is 0 Å². The van der Waals surface area contributed by atoms with Crippen molar-refractivity contribution in [1.29, 1.82) is 0 Å². The van der Waals surface area contributed by atoms with Gasteiger partial charge < -0.3 is 5.11 Å². The van der Waals surface area contributed by atoms with Crippen molar-refractivity contribution >= 4 is 25.8 Å². The maximum atomic E-state index is 12.3. The largest absolute Gasteiger partial charge is 0.481 e. The molecule has 0 spiro atoms. The van der Waals surface area contributed by atoms with E-state index in [9.17, 15) is 21.6 Å². The van der Waals surface area contributed by atoms with Crippen molar-refractivity contribution in [3.63, 3.8) is 0 Å². The second kappa shape index (κ2) is 4.42. The van der Waals surface area contributed by atoms with Gasteiger partial charge in [-0.3, -0.25) is 4.79 Å². The maximum absolute atomic E-state index is 12.3. The SMILES string of the molecule is CC1(C(=O)O)CCN(S(=O)(=O)C2CCS(=O)(=O)C2)C1. The van der Waals surface area contributed by atoms with Crippen molar-refractivity contribution < 1.29 is 26.7 Å². The summed E-state index contributed by atoms with van der Waals surface area (Å²) in [6.45, 7) is 1.57. The Morgan fingerprint density at radius 1 is 1.42 bits per heavy atom. The summed E-state index contributed by atoms with van der Waals surface area (Å²) >= 11 is 0. The van der Waals surface area contributed by atoms with Crippen molar-refractivity contribution in [2.24, 2.45) is 5.41 Å². The van der Waals surface area contributed by atoms with Gasteiger partial charge in [-0.2, -0.15) is 0 Å². The molecular weight excluding hydrogens is 294 g/mol. The quantitative estimate of drug-likeness (QED) is 0.738. The van der Waals surface area contributed by atoms with E-state index in [-0.39, 0.29) is 37.4 Å². The number of carboxylic acid groups (broad SMARTS) is 1. The van der Waals surface area contributed by atoms with Crippen molar-refractivity contribution in [3.8, 4) is 0 Å². The monoisotopic (exact) mass is 311 g/mol. The first kappa shape index (κ1) is 14.7. The molecule has 0 aromatic heterocycles. The third-order valence-electron chi connectivity index (χ3n) is 3.93. The summed E-state index contributed by atoms with van der Waals surface area (Å²) in [5.41, 5.74) is -1.08. The molecule has 9 heteroatoms. The van der Waals surface area contributed by atoms with Crippen LogP contribution in [-0.2, 0) is 24.7 Å². The van der Waals surface area contributed by atoms with Crippen molar-refractivity contribution in [3.05, 3.63) is 0 Å². The van der Waals surface area contributed by atoms with Gasteiger partial charge in [-0.05, 0) is 19.8 Å². The molecule has 2 aliphatic heterocycles. The minimum Gasteiger partial charge on any atom is -0.481 e. The molecule has 0 aromatic rings. The van der Waals surface area contributed by atoms with Crippen molar-refractivity contribution in [2.45, 2.75) is 25.0 Å². The maximum Gasteiger partial charge on any atom is 0.310 e. The van der Waals surface area contributed by atoms with Gasteiger partial charge in [-0.1, -0.05) is 0 Å². The molecule has 2 atom stereocenters. The number of hydrogen-bond donors (Lipinski definition) is 1. The molecule has 0 aliphatic carbocycles. The molecule has 19 heavy (non-hydrogen) atoms. The summed E-state index contributed by atoms with van der Waals surface area (Å²) in [4.78, 5) is 11.1. The molecule has 2 saturated heterocycles. The number of hydrogen-bond acceptors (Lipinski definition) is 5. The second-order valence-corrected chi connectivity index (χ2v) is 9.96. The molecule has 2 fully saturated rings. The van der Waals surface area contributed by atoms with Crippen LogP contribution in [0.15, 0.2) is 0 Å². The highest BCUT2D eigenvalue weighted by molar-refractivity contribution is 7.95. The lowest BCUT2D eigenvalue weighted by atomic mass is 9.90. The van der Waals surface area contributed by atoms with E-state index in [2.05, 4.69) is 0 Å². The third-order valence-corrected chi connectivity index (χ3v) is 8.18. The zero-order valence-electron chi connectivity index (χ0n) is 10.6. The van der Waals surface area contributed by atoms with Crippen LogP contribution in [-0.4, -0.2) is 62.1 Å². The Bertz CT molecular complexity index is 596. The molecule has 2 aliphatic rings. The van der Waals surface area contributed by atoms with Gasteiger partial charge in [0.1, 0.15) is 0 Å². The Hall–Kier alpha value is -0.670. The van der Waals surface area contributed by atoms with Gasteiger partial charge in [0, 0.05) is 13.1 Å². The number of rotatable bonds is 3.